The van der Waals surface area contributed by atoms with E-state index >= 15 is 0 Å². The second kappa shape index (κ2) is 6.17. The highest BCUT2D eigenvalue weighted by Crippen LogP contribution is 2.41. The predicted molar refractivity (Wildman–Crippen MR) is 69.0 cm³/mol. The highest BCUT2D eigenvalue weighted by atomic mass is 16.5. The van der Waals surface area contributed by atoms with Crippen molar-refractivity contribution in [2.45, 2.75) is 63.5 Å². The van der Waals surface area contributed by atoms with E-state index in [0.717, 1.165) is 26.1 Å². The molecule has 2 unspecified atom stereocenters. The minimum absolute atomic E-state index is 0.172. The molecule has 0 aromatic rings. The van der Waals surface area contributed by atoms with Gasteiger partial charge in [-0.3, -0.25) is 0 Å². The van der Waals surface area contributed by atoms with E-state index in [0.29, 0.717) is 12.5 Å². The lowest BCUT2D eigenvalue weighted by molar-refractivity contribution is -0.122. The van der Waals surface area contributed by atoms with Crippen molar-refractivity contribution in [1.29, 1.82) is 0 Å². The van der Waals surface area contributed by atoms with E-state index in [4.69, 9.17) is 15.2 Å². The zero-order valence-corrected chi connectivity index (χ0v) is 11.1. The van der Waals surface area contributed by atoms with E-state index in [9.17, 15) is 0 Å². The smallest absolute Gasteiger partial charge is 0.0685 e. The van der Waals surface area contributed by atoms with E-state index in [2.05, 4.69) is 0 Å². The first-order chi connectivity index (χ1) is 8.26. The minimum atomic E-state index is 0.172. The minimum Gasteiger partial charge on any atom is -0.380 e. The van der Waals surface area contributed by atoms with Crippen LogP contribution in [0.3, 0.4) is 0 Å². The van der Waals surface area contributed by atoms with Crippen LogP contribution in [-0.4, -0.2) is 31.5 Å². The molecular weight excluding hydrogens is 214 g/mol. The van der Waals surface area contributed by atoms with Gasteiger partial charge in [0.2, 0.25) is 0 Å². The molecule has 0 aromatic carbocycles. The molecule has 1 spiro atoms. The molecule has 3 heteroatoms. The number of hydrogen-bond donors (Lipinski definition) is 1. The van der Waals surface area contributed by atoms with Crippen LogP contribution < -0.4 is 5.73 Å². The summed E-state index contributed by atoms with van der Waals surface area (Å²) in [5, 5.41) is 0. The van der Waals surface area contributed by atoms with Crippen LogP contribution in [0.15, 0.2) is 0 Å². The van der Waals surface area contributed by atoms with E-state index in [-0.39, 0.29) is 11.6 Å². The van der Waals surface area contributed by atoms with Gasteiger partial charge in [0.1, 0.15) is 0 Å². The fourth-order valence-electron chi connectivity index (χ4n) is 3.37. The molecule has 1 heterocycles. The van der Waals surface area contributed by atoms with Crippen LogP contribution >= 0.6 is 0 Å². The average molecular weight is 241 g/mol. The summed E-state index contributed by atoms with van der Waals surface area (Å²) in [6.45, 7) is 4.39. The van der Waals surface area contributed by atoms with Gasteiger partial charge in [-0.1, -0.05) is 19.3 Å². The van der Waals surface area contributed by atoms with Crippen molar-refractivity contribution in [2.75, 3.05) is 19.8 Å². The lowest BCUT2D eigenvalue weighted by atomic mass is 9.74. The number of hydrogen-bond acceptors (Lipinski definition) is 3. The molecule has 17 heavy (non-hydrogen) atoms. The molecule has 1 aliphatic carbocycles. The molecule has 0 radical (unpaired) electrons. The summed E-state index contributed by atoms with van der Waals surface area (Å²) in [6, 6.07) is 0.192. The summed E-state index contributed by atoms with van der Waals surface area (Å²) >= 11 is 0. The van der Waals surface area contributed by atoms with Crippen molar-refractivity contribution < 1.29 is 9.47 Å². The molecule has 2 fully saturated rings. The van der Waals surface area contributed by atoms with Crippen LogP contribution in [0.1, 0.15) is 51.9 Å². The maximum absolute atomic E-state index is 6.24. The van der Waals surface area contributed by atoms with Crippen molar-refractivity contribution in [1.82, 2.24) is 0 Å². The molecule has 2 rings (SSSR count). The van der Waals surface area contributed by atoms with Crippen LogP contribution in [0.2, 0.25) is 0 Å². The summed E-state index contributed by atoms with van der Waals surface area (Å²) < 4.78 is 11.6. The van der Waals surface area contributed by atoms with Crippen LogP contribution in [-0.2, 0) is 9.47 Å². The Morgan fingerprint density at radius 3 is 2.82 bits per heavy atom. The van der Waals surface area contributed by atoms with Gasteiger partial charge < -0.3 is 15.2 Å². The first-order valence-electron chi connectivity index (χ1n) is 7.23. The molecule has 1 saturated carbocycles. The van der Waals surface area contributed by atoms with Crippen LogP contribution in [0.5, 0.6) is 0 Å². The maximum Gasteiger partial charge on any atom is 0.0685 e. The van der Waals surface area contributed by atoms with Gasteiger partial charge >= 0.3 is 0 Å². The van der Waals surface area contributed by atoms with Crippen molar-refractivity contribution in [3.63, 3.8) is 0 Å². The molecule has 100 valence electrons. The fraction of sp³-hybridized carbons (Fsp3) is 1.00. The van der Waals surface area contributed by atoms with Crippen molar-refractivity contribution >= 4 is 0 Å². The third-order valence-corrected chi connectivity index (χ3v) is 4.42. The molecule has 1 aliphatic heterocycles. The van der Waals surface area contributed by atoms with E-state index < -0.39 is 0 Å². The Morgan fingerprint density at radius 2 is 2.12 bits per heavy atom. The standard InChI is InChI=1S/C14H27NO2/c1-2-16-11-13(15)12-6-9-17-14(10-12)7-4-3-5-8-14/h12-13H,2-11,15H2,1H3. The van der Waals surface area contributed by atoms with Gasteiger partial charge in [-0.25, -0.2) is 0 Å². The molecular formula is C14H27NO2. The average Bonchev–Trinajstić information content (AvgIpc) is 2.37. The second-order valence-corrected chi connectivity index (χ2v) is 5.67. The fourth-order valence-corrected chi connectivity index (χ4v) is 3.37. The topological polar surface area (TPSA) is 44.5 Å². The Bertz CT molecular complexity index is 221. The normalized spacial score (nSPS) is 30.4. The summed E-state index contributed by atoms with van der Waals surface area (Å²) in [4.78, 5) is 0. The zero-order chi connectivity index (χ0) is 12.1. The van der Waals surface area contributed by atoms with Crippen LogP contribution in [0.25, 0.3) is 0 Å². The van der Waals surface area contributed by atoms with Gasteiger partial charge in [0.25, 0.3) is 0 Å². The zero-order valence-electron chi connectivity index (χ0n) is 11.1. The quantitative estimate of drug-likeness (QED) is 0.822. The maximum atomic E-state index is 6.24. The molecule has 2 aliphatic rings. The molecule has 0 aromatic heterocycles. The number of rotatable bonds is 4. The Labute approximate surface area is 105 Å². The van der Waals surface area contributed by atoms with Crippen LogP contribution in [0.4, 0.5) is 0 Å². The summed E-state index contributed by atoms with van der Waals surface area (Å²) in [7, 11) is 0. The van der Waals surface area contributed by atoms with E-state index in [1.807, 2.05) is 6.92 Å². The third-order valence-electron chi connectivity index (χ3n) is 4.42. The van der Waals surface area contributed by atoms with Gasteiger partial charge in [0.05, 0.1) is 12.2 Å². The molecule has 2 N–H and O–H groups in total. The lowest BCUT2D eigenvalue weighted by Crippen LogP contribution is -2.47. The Hall–Kier alpha value is -0.120. The van der Waals surface area contributed by atoms with E-state index in [1.54, 1.807) is 0 Å². The predicted octanol–water partition coefficient (Wildman–Crippen LogP) is 2.48. The third kappa shape index (κ3) is 3.43. The van der Waals surface area contributed by atoms with Crippen LogP contribution in [0, 0.1) is 5.92 Å². The van der Waals surface area contributed by atoms with Crippen molar-refractivity contribution in [3.8, 4) is 0 Å². The Kier molecular flexibility index (Phi) is 4.83. The highest BCUT2D eigenvalue weighted by molar-refractivity contribution is 4.92. The first kappa shape index (κ1) is 13.3. The Balaban J connectivity index is 1.87. The van der Waals surface area contributed by atoms with Gasteiger partial charge in [0, 0.05) is 19.3 Å². The largest absolute Gasteiger partial charge is 0.380 e. The summed E-state index contributed by atoms with van der Waals surface area (Å²) in [5.41, 5.74) is 6.42. The molecule has 2 atom stereocenters. The van der Waals surface area contributed by atoms with Gasteiger partial charge in [-0.15, -0.1) is 0 Å². The lowest BCUT2D eigenvalue weighted by Gasteiger charge is -2.45. The number of ether oxygens (including phenoxy) is 2. The summed E-state index contributed by atoms with van der Waals surface area (Å²) in [5.74, 6) is 0.591. The highest BCUT2D eigenvalue weighted by Gasteiger charge is 2.39. The molecule has 1 saturated heterocycles. The molecule has 0 bridgehead atoms. The van der Waals surface area contributed by atoms with Gasteiger partial charge in [0.15, 0.2) is 0 Å². The van der Waals surface area contributed by atoms with Crippen molar-refractivity contribution in [2.24, 2.45) is 11.7 Å². The van der Waals surface area contributed by atoms with Gasteiger partial charge in [-0.2, -0.15) is 0 Å². The first-order valence-corrected chi connectivity index (χ1v) is 7.23. The molecule has 0 amide bonds. The van der Waals surface area contributed by atoms with E-state index in [1.165, 1.54) is 32.1 Å². The SMILES string of the molecule is CCOCC(N)C1CCOC2(CCCCC2)C1. The molecule has 3 nitrogen and oxygen atoms in total. The second-order valence-electron chi connectivity index (χ2n) is 5.67. The number of nitrogens with two attached hydrogens (primary N) is 1. The summed E-state index contributed by atoms with van der Waals surface area (Å²) in [6.07, 6.45) is 8.77. The van der Waals surface area contributed by atoms with Crippen molar-refractivity contribution in [3.05, 3.63) is 0 Å². The monoisotopic (exact) mass is 241 g/mol. The Morgan fingerprint density at radius 1 is 1.35 bits per heavy atom. The van der Waals surface area contributed by atoms with Gasteiger partial charge in [-0.05, 0) is 38.5 Å².